The number of esters is 1. The van der Waals surface area contributed by atoms with Gasteiger partial charge in [0.1, 0.15) is 23.9 Å². The van der Waals surface area contributed by atoms with E-state index in [0.29, 0.717) is 6.42 Å². The summed E-state index contributed by atoms with van der Waals surface area (Å²) >= 11 is 0. The molecule has 3 aliphatic rings. The third kappa shape index (κ3) is 9.78. The molecule has 0 aromatic rings. The average Bonchev–Trinajstić information content (AvgIpc) is 3.10. The van der Waals surface area contributed by atoms with Crippen molar-refractivity contribution < 1.29 is 58.4 Å². The fourth-order valence-electron chi connectivity index (χ4n) is 8.96. The minimum absolute atomic E-state index is 0.125. The lowest BCUT2D eigenvalue weighted by Crippen LogP contribution is -2.61. The molecule has 3 fully saturated rings. The van der Waals surface area contributed by atoms with Gasteiger partial charge in [0, 0.05) is 38.5 Å². The zero-order valence-corrected chi connectivity index (χ0v) is 34.4. The van der Waals surface area contributed by atoms with E-state index >= 15 is 0 Å². The molecule has 3 aliphatic heterocycles. The van der Waals surface area contributed by atoms with Crippen LogP contribution < -0.4 is 0 Å². The number of rotatable bonds is 9. The number of aliphatic hydroxyl groups excluding tert-OH is 3. The SMILES string of the molecule is CC[C@H]1OC(=O)[C@H](C)[C@@H](OC2CC(C)(OC)C(O)C(C)O2)[C@H](C)[C@@H](OC2OC(C)CC(N(C)C)C2O)[C@](C)(OC)C[C@@H](C)C(N=O)[C@H](C)[C@@H](O)[C@]1(C)O. The van der Waals surface area contributed by atoms with Crippen LogP contribution in [0.25, 0.3) is 0 Å². The van der Waals surface area contributed by atoms with Crippen LogP contribution >= 0.6 is 0 Å². The zero-order valence-electron chi connectivity index (χ0n) is 34.4. The lowest BCUT2D eigenvalue weighted by molar-refractivity contribution is -0.319. The second-order valence-corrected chi connectivity index (χ2v) is 17.0. The van der Waals surface area contributed by atoms with Gasteiger partial charge in [0.05, 0.1) is 53.7 Å². The van der Waals surface area contributed by atoms with Crippen LogP contribution in [-0.4, -0.2) is 150 Å². The number of hydrogen-bond acceptors (Lipinski definition) is 15. The van der Waals surface area contributed by atoms with Crippen molar-refractivity contribution >= 4 is 5.97 Å². The molecule has 3 saturated heterocycles. The first-order chi connectivity index (χ1) is 24.5. The Kier molecular flexibility index (Phi) is 15.9. The first-order valence-corrected chi connectivity index (χ1v) is 19.2. The van der Waals surface area contributed by atoms with E-state index in [1.807, 2.05) is 46.7 Å². The van der Waals surface area contributed by atoms with Gasteiger partial charge >= 0.3 is 5.97 Å². The van der Waals surface area contributed by atoms with Gasteiger partial charge in [-0.15, -0.1) is 0 Å². The van der Waals surface area contributed by atoms with Crippen molar-refractivity contribution in [1.82, 2.24) is 4.90 Å². The molecule has 4 N–H and O–H groups in total. The first-order valence-electron chi connectivity index (χ1n) is 19.2. The maximum atomic E-state index is 14.2. The molecule has 9 unspecified atom stereocenters. The van der Waals surface area contributed by atoms with Crippen molar-refractivity contribution in [3.8, 4) is 0 Å². The van der Waals surface area contributed by atoms with Crippen molar-refractivity contribution in [2.75, 3.05) is 28.3 Å². The number of nitroso groups, excluding NO2 is 1. The second kappa shape index (κ2) is 18.3. The number of nitrogens with zero attached hydrogens (tertiary/aromatic N) is 2. The normalized spacial score (nSPS) is 49.6. The largest absolute Gasteiger partial charge is 0.459 e. The third-order valence-corrected chi connectivity index (χ3v) is 12.6. The average molecular weight is 763 g/mol. The Labute approximate surface area is 316 Å². The maximum absolute atomic E-state index is 14.2. The molecule has 0 spiro atoms. The molecule has 310 valence electrons. The summed E-state index contributed by atoms with van der Waals surface area (Å²) in [7, 11) is 6.78. The lowest BCUT2D eigenvalue weighted by atomic mass is 9.72. The molecule has 0 radical (unpaired) electrons. The fourth-order valence-corrected chi connectivity index (χ4v) is 8.96. The zero-order chi connectivity index (χ0) is 40.4. The van der Waals surface area contributed by atoms with Gasteiger partial charge in [-0.25, -0.2) is 0 Å². The molecule has 0 amide bonds. The minimum atomic E-state index is -1.94. The van der Waals surface area contributed by atoms with Crippen LogP contribution in [0.15, 0.2) is 5.18 Å². The van der Waals surface area contributed by atoms with Gasteiger partial charge in [0.25, 0.3) is 0 Å². The van der Waals surface area contributed by atoms with Crippen molar-refractivity contribution in [1.29, 1.82) is 0 Å². The first kappa shape index (κ1) is 46.0. The van der Waals surface area contributed by atoms with Crippen LogP contribution in [-0.2, 0) is 38.0 Å². The highest BCUT2D eigenvalue weighted by molar-refractivity contribution is 5.73. The summed E-state index contributed by atoms with van der Waals surface area (Å²) in [5, 5.41) is 49.3. The van der Waals surface area contributed by atoms with Gasteiger partial charge in [-0.3, -0.25) is 4.79 Å². The summed E-state index contributed by atoms with van der Waals surface area (Å²) in [4.78, 5) is 28.7. The van der Waals surface area contributed by atoms with Crippen LogP contribution in [0.4, 0.5) is 0 Å². The van der Waals surface area contributed by atoms with E-state index in [-0.39, 0.29) is 31.4 Å². The van der Waals surface area contributed by atoms with Gasteiger partial charge in [0.15, 0.2) is 12.6 Å². The predicted molar refractivity (Wildman–Crippen MR) is 196 cm³/mol. The summed E-state index contributed by atoms with van der Waals surface area (Å²) < 4.78 is 44.1. The molecule has 0 saturated carbocycles. The van der Waals surface area contributed by atoms with E-state index in [0.717, 1.165) is 0 Å². The Balaban J connectivity index is 2.24. The molecule has 3 heterocycles. The van der Waals surface area contributed by atoms with Crippen molar-refractivity contribution in [3.63, 3.8) is 0 Å². The number of carbonyl (C=O) groups is 1. The summed E-state index contributed by atoms with van der Waals surface area (Å²) in [6.45, 7) is 17.3. The topological polar surface area (TPSA) is 195 Å². The van der Waals surface area contributed by atoms with Crippen LogP contribution in [0.1, 0.15) is 94.9 Å². The van der Waals surface area contributed by atoms with Crippen molar-refractivity contribution in [3.05, 3.63) is 4.91 Å². The van der Waals surface area contributed by atoms with Crippen LogP contribution in [0, 0.1) is 28.6 Å². The number of hydrogen-bond donors (Lipinski definition) is 4. The van der Waals surface area contributed by atoms with E-state index in [1.165, 1.54) is 21.1 Å². The van der Waals surface area contributed by atoms with E-state index in [4.69, 9.17) is 33.2 Å². The Morgan fingerprint density at radius 3 is 2.02 bits per heavy atom. The second-order valence-electron chi connectivity index (χ2n) is 17.0. The highest BCUT2D eigenvalue weighted by Crippen LogP contribution is 2.42. The Bertz CT molecular complexity index is 1190. The van der Waals surface area contributed by atoms with Crippen LogP contribution in [0.2, 0.25) is 0 Å². The number of carbonyl (C=O) groups excluding carboxylic acids is 1. The van der Waals surface area contributed by atoms with E-state index in [9.17, 15) is 30.1 Å². The maximum Gasteiger partial charge on any atom is 0.311 e. The summed E-state index contributed by atoms with van der Waals surface area (Å²) in [5.74, 6) is -3.80. The standard InChI is InChI=1S/C38H70N2O13/c1-15-26-38(10,45)31(42)21(4)28(39-46)19(2)17-37(9,48-14)33(53-35-29(41)25(40(11)12)16-20(3)49-35)22(5)30(23(6)34(44)51-26)52-27-18-36(8,47-13)32(43)24(7)50-27/h19-33,35,41-43,45H,15-18H2,1-14H3/t19-,20?,21+,22+,23-,24?,25?,26-,27?,28?,29?,30+,31-,32?,33-,35?,36?,37-,38-/m1/s1. The summed E-state index contributed by atoms with van der Waals surface area (Å²) in [6.07, 6.45) is -8.60. The summed E-state index contributed by atoms with van der Waals surface area (Å²) in [6, 6.07) is -1.28. The molecule has 15 heteroatoms. The number of cyclic esters (lactones) is 1. The molecule has 19 atom stereocenters. The molecule has 53 heavy (non-hydrogen) atoms. The molecule has 0 aromatic heterocycles. The van der Waals surface area contributed by atoms with Gasteiger partial charge < -0.3 is 58.5 Å². The van der Waals surface area contributed by atoms with E-state index in [2.05, 4.69) is 5.18 Å². The number of aliphatic hydroxyl groups is 4. The number of methoxy groups -OCH3 is 2. The smallest absolute Gasteiger partial charge is 0.311 e. The lowest BCUT2D eigenvalue weighted by Gasteiger charge is -2.50. The summed E-state index contributed by atoms with van der Waals surface area (Å²) in [5.41, 5.74) is -4.21. The van der Waals surface area contributed by atoms with Crippen molar-refractivity contribution in [2.24, 2.45) is 28.8 Å². The highest BCUT2D eigenvalue weighted by Gasteiger charge is 2.54. The minimum Gasteiger partial charge on any atom is -0.459 e. The molecule has 0 aromatic carbocycles. The molecular weight excluding hydrogens is 692 g/mol. The van der Waals surface area contributed by atoms with E-state index in [1.54, 1.807) is 34.6 Å². The van der Waals surface area contributed by atoms with Gasteiger partial charge in [-0.1, -0.05) is 32.9 Å². The van der Waals surface area contributed by atoms with Crippen LogP contribution in [0.5, 0.6) is 0 Å². The number of likely N-dealkylation sites (N-methyl/N-ethyl adjacent to an activating group) is 1. The van der Waals surface area contributed by atoms with Crippen molar-refractivity contribution in [2.45, 2.75) is 185 Å². The predicted octanol–water partition coefficient (Wildman–Crippen LogP) is 3.01. The monoisotopic (exact) mass is 762 g/mol. The Morgan fingerprint density at radius 1 is 0.887 bits per heavy atom. The highest BCUT2D eigenvalue weighted by atomic mass is 16.7. The molecular formula is C38H70N2O13. The van der Waals surface area contributed by atoms with Crippen LogP contribution in [0.3, 0.4) is 0 Å². The molecule has 0 aliphatic carbocycles. The van der Waals surface area contributed by atoms with Gasteiger partial charge in [0.2, 0.25) is 0 Å². The van der Waals surface area contributed by atoms with Gasteiger partial charge in [-0.2, -0.15) is 4.91 Å². The third-order valence-electron chi connectivity index (χ3n) is 12.6. The molecule has 0 bridgehead atoms. The fraction of sp³-hybridized carbons (Fsp3) is 0.974. The Morgan fingerprint density at radius 2 is 1.49 bits per heavy atom. The Hall–Kier alpha value is -1.37. The quantitative estimate of drug-likeness (QED) is 0.198. The van der Waals surface area contributed by atoms with E-state index < -0.39 is 108 Å². The van der Waals surface area contributed by atoms with Gasteiger partial charge in [-0.05, 0) is 80.8 Å². The molecule has 15 nitrogen and oxygen atoms in total. The number of ether oxygens (including phenoxy) is 7. The molecule has 3 rings (SSSR count).